The maximum atomic E-state index is 12.6. The Bertz CT molecular complexity index is 626. The number of aromatic nitrogens is 2. The van der Waals surface area contributed by atoms with E-state index in [2.05, 4.69) is 15.3 Å². The Labute approximate surface area is 120 Å². The summed E-state index contributed by atoms with van der Waals surface area (Å²) < 4.78 is 37.8. The lowest BCUT2D eigenvalue weighted by atomic mass is 10.1. The number of aryl methyl sites for hydroxylation is 1. The van der Waals surface area contributed by atoms with Crippen LogP contribution in [0.4, 0.5) is 24.9 Å². The summed E-state index contributed by atoms with van der Waals surface area (Å²) in [5.41, 5.74) is 6.52. The van der Waals surface area contributed by atoms with E-state index in [0.29, 0.717) is 13.0 Å². The summed E-state index contributed by atoms with van der Waals surface area (Å²) in [6.07, 6.45) is -3.86. The topological polar surface area (TPSA) is 63.8 Å². The molecule has 0 amide bonds. The molecule has 0 atom stereocenters. The number of nitrogens with one attached hydrogen (secondary N) is 1. The Balaban J connectivity index is 2.04. The normalized spacial score (nSPS) is 11.4. The molecule has 0 spiro atoms. The molecule has 21 heavy (non-hydrogen) atoms. The molecule has 112 valence electrons. The van der Waals surface area contributed by atoms with Gasteiger partial charge < -0.3 is 11.1 Å². The van der Waals surface area contributed by atoms with Gasteiger partial charge in [0.1, 0.15) is 5.82 Å². The number of rotatable bonds is 4. The molecule has 0 saturated heterocycles. The Morgan fingerprint density at radius 3 is 2.57 bits per heavy atom. The van der Waals surface area contributed by atoms with E-state index in [0.717, 1.165) is 17.2 Å². The summed E-state index contributed by atoms with van der Waals surface area (Å²) in [5.74, 6) is -0.327. The van der Waals surface area contributed by atoms with Crippen molar-refractivity contribution in [1.29, 1.82) is 0 Å². The number of nitrogens with zero attached hydrogens (tertiary/aromatic N) is 2. The van der Waals surface area contributed by atoms with Gasteiger partial charge in [0.2, 0.25) is 5.95 Å². The van der Waals surface area contributed by atoms with E-state index in [1.165, 1.54) is 0 Å². The van der Waals surface area contributed by atoms with Crippen LogP contribution in [0.25, 0.3) is 0 Å². The average molecular weight is 296 g/mol. The lowest BCUT2D eigenvalue weighted by Gasteiger charge is -2.11. The molecule has 2 rings (SSSR count). The van der Waals surface area contributed by atoms with Crippen LogP contribution >= 0.6 is 0 Å². The van der Waals surface area contributed by atoms with Crippen molar-refractivity contribution in [2.75, 3.05) is 17.6 Å². The molecule has 0 radical (unpaired) electrons. The molecule has 1 aromatic heterocycles. The van der Waals surface area contributed by atoms with Crippen molar-refractivity contribution in [2.45, 2.75) is 19.5 Å². The molecule has 0 aliphatic rings. The minimum Gasteiger partial charge on any atom is -0.370 e. The lowest BCUT2D eigenvalue weighted by Crippen LogP contribution is -2.14. The summed E-state index contributed by atoms with van der Waals surface area (Å²) in [5, 5.41) is 2.84. The standard InChI is InChI=1S/C14H15F3N4/c1-9-4-2-3-5-10(9)6-7-19-12-8-11(14(15,16)17)20-13(18)21-12/h2-5,8H,6-7H2,1H3,(H3,18,19,20,21). The van der Waals surface area contributed by atoms with Crippen LogP contribution in [0.3, 0.4) is 0 Å². The average Bonchev–Trinajstić information content (AvgIpc) is 2.39. The third-order valence-electron chi connectivity index (χ3n) is 3.00. The Hall–Kier alpha value is -2.31. The molecule has 0 unspecified atom stereocenters. The van der Waals surface area contributed by atoms with Crippen LogP contribution in [0.2, 0.25) is 0 Å². The second-order valence-electron chi connectivity index (χ2n) is 4.60. The van der Waals surface area contributed by atoms with Gasteiger partial charge in [-0.15, -0.1) is 0 Å². The molecule has 0 bridgehead atoms. The van der Waals surface area contributed by atoms with Gasteiger partial charge in [-0.3, -0.25) is 0 Å². The van der Waals surface area contributed by atoms with Crippen molar-refractivity contribution >= 4 is 11.8 Å². The van der Waals surface area contributed by atoms with Gasteiger partial charge in [-0.05, 0) is 24.5 Å². The first-order valence-corrected chi connectivity index (χ1v) is 6.36. The highest BCUT2D eigenvalue weighted by Crippen LogP contribution is 2.29. The molecular formula is C14H15F3N4. The number of nitrogens with two attached hydrogens (primary N) is 1. The molecular weight excluding hydrogens is 281 g/mol. The third-order valence-corrected chi connectivity index (χ3v) is 3.00. The van der Waals surface area contributed by atoms with E-state index in [-0.39, 0.29) is 5.82 Å². The first kappa shape index (κ1) is 15.1. The second-order valence-corrected chi connectivity index (χ2v) is 4.60. The van der Waals surface area contributed by atoms with Gasteiger partial charge in [0.25, 0.3) is 0 Å². The van der Waals surface area contributed by atoms with E-state index in [1.54, 1.807) is 0 Å². The quantitative estimate of drug-likeness (QED) is 0.910. The zero-order valence-corrected chi connectivity index (χ0v) is 11.4. The largest absolute Gasteiger partial charge is 0.433 e. The maximum absolute atomic E-state index is 12.6. The number of hydrogen-bond acceptors (Lipinski definition) is 4. The fourth-order valence-electron chi connectivity index (χ4n) is 1.92. The summed E-state index contributed by atoms with van der Waals surface area (Å²) in [7, 11) is 0. The molecule has 0 fully saturated rings. The predicted octanol–water partition coefficient (Wildman–Crippen LogP) is 3.04. The van der Waals surface area contributed by atoms with Gasteiger partial charge in [0.15, 0.2) is 5.69 Å². The molecule has 0 saturated carbocycles. The van der Waals surface area contributed by atoms with Gasteiger partial charge >= 0.3 is 6.18 Å². The van der Waals surface area contributed by atoms with Gasteiger partial charge in [-0.2, -0.15) is 18.2 Å². The van der Waals surface area contributed by atoms with Crippen LogP contribution in [0.1, 0.15) is 16.8 Å². The molecule has 4 nitrogen and oxygen atoms in total. The number of halogens is 3. The van der Waals surface area contributed by atoms with Crippen molar-refractivity contribution in [3.8, 4) is 0 Å². The van der Waals surface area contributed by atoms with Crippen LogP contribution in [-0.2, 0) is 12.6 Å². The highest BCUT2D eigenvalue weighted by Gasteiger charge is 2.33. The smallest absolute Gasteiger partial charge is 0.370 e. The van der Waals surface area contributed by atoms with Crippen molar-refractivity contribution in [2.24, 2.45) is 0 Å². The molecule has 0 aliphatic heterocycles. The SMILES string of the molecule is Cc1ccccc1CCNc1cc(C(F)(F)F)nc(N)n1. The summed E-state index contributed by atoms with van der Waals surface area (Å²) in [4.78, 5) is 6.94. The maximum Gasteiger partial charge on any atom is 0.433 e. The second kappa shape index (κ2) is 5.99. The van der Waals surface area contributed by atoms with Crippen molar-refractivity contribution in [3.63, 3.8) is 0 Å². The zero-order valence-electron chi connectivity index (χ0n) is 11.4. The zero-order chi connectivity index (χ0) is 15.5. The number of benzene rings is 1. The monoisotopic (exact) mass is 296 g/mol. The highest BCUT2D eigenvalue weighted by molar-refractivity contribution is 5.41. The van der Waals surface area contributed by atoms with E-state index in [9.17, 15) is 13.2 Å². The molecule has 1 heterocycles. The molecule has 1 aromatic carbocycles. The van der Waals surface area contributed by atoms with Crippen molar-refractivity contribution in [1.82, 2.24) is 9.97 Å². The Morgan fingerprint density at radius 2 is 1.90 bits per heavy atom. The fourth-order valence-corrected chi connectivity index (χ4v) is 1.92. The minimum atomic E-state index is -4.54. The van der Waals surface area contributed by atoms with E-state index < -0.39 is 17.8 Å². The first-order valence-electron chi connectivity index (χ1n) is 6.36. The third kappa shape index (κ3) is 4.08. The number of anilines is 2. The summed E-state index contributed by atoms with van der Waals surface area (Å²) >= 11 is 0. The van der Waals surface area contributed by atoms with E-state index >= 15 is 0 Å². The van der Waals surface area contributed by atoms with Crippen LogP contribution < -0.4 is 11.1 Å². The van der Waals surface area contributed by atoms with Crippen molar-refractivity contribution in [3.05, 3.63) is 47.2 Å². The Morgan fingerprint density at radius 1 is 1.19 bits per heavy atom. The van der Waals surface area contributed by atoms with Crippen LogP contribution in [0.15, 0.2) is 30.3 Å². The fraction of sp³-hybridized carbons (Fsp3) is 0.286. The van der Waals surface area contributed by atoms with E-state index in [4.69, 9.17) is 5.73 Å². The molecule has 7 heteroatoms. The number of hydrogen-bond donors (Lipinski definition) is 2. The highest BCUT2D eigenvalue weighted by atomic mass is 19.4. The van der Waals surface area contributed by atoms with Gasteiger partial charge in [-0.25, -0.2) is 4.98 Å². The minimum absolute atomic E-state index is 0.0726. The molecule has 2 aromatic rings. The number of nitrogen functional groups attached to an aromatic ring is 1. The Kier molecular flexibility index (Phi) is 4.30. The van der Waals surface area contributed by atoms with Gasteiger partial charge in [-0.1, -0.05) is 24.3 Å². The summed E-state index contributed by atoms with van der Waals surface area (Å²) in [6, 6.07) is 8.68. The molecule has 3 N–H and O–H groups in total. The van der Waals surface area contributed by atoms with Crippen LogP contribution in [0, 0.1) is 6.92 Å². The first-order chi connectivity index (χ1) is 9.86. The van der Waals surface area contributed by atoms with Gasteiger partial charge in [0, 0.05) is 12.6 Å². The lowest BCUT2D eigenvalue weighted by molar-refractivity contribution is -0.141. The molecule has 0 aliphatic carbocycles. The van der Waals surface area contributed by atoms with Crippen LogP contribution in [-0.4, -0.2) is 16.5 Å². The van der Waals surface area contributed by atoms with E-state index in [1.807, 2.05) is 31.2 Å². The van der Waals surface area contributed by atoms with Gasteiger partial charge in [0.05, 0.1) is 0 Å². The number of alkyl halides is 3. The van der Waals surface area contributed by atoms with Crippen LogP contribution in [0.5, 0.6) is 0 Å². The van der Waals surface area contributed by atoms with Crippen molar-refractivity contribution < 1.29 is 13.2 Å². The summed E-state index contributed by atoms with van der Waals surface area (Å²) in [6.45, 7) is 2.44. The predicted molar refractivity (Wildman–Crippen MR) is 74.8 cm³/mol.